The summed E-state index contributed by atoms with van der Waals surface area (Å²) in [7, 11) is 0. The first-order chi connectivity index (χ1) is 12.0. The van der Waals surface area contributed by atoms with Crippen LogP contribution in [0, 0.1) is 12.3 Å². The van der Waals surface area contributed by atoms with Crippen molar-refractivity contribution >= 4 is 11.6 Å². The van der Waals surface area contributed by atoms with Crippen LogP contribution >= 0.6 is 0 Å². The second kappa shape index (κ2) is 7.16. The summed E-state index contributed by atoms with van der Waals surface area (Å²) in [5.74, 6) is 0.430. The maximum absolute atomic E-state index is 12.7. The van der Waals surface area contributed by atoms with Gasteiger partial charge in [-0.1, -0.05) is 0 Å². The van der Waals surface area contributed by atoms with Crippen molar-refractivity contribution in [2.75, 3.05) is 25.1 Å². The molecule has 1 aromatic heterocycles. The highest BCUT2D eigenvalue weighted by Crippen LogP contribution is 2.31. The number of carbonyl (C=O) groups excluding carboxylic acids is 1. The predicted molar refractivity (Wildman–Crippen MR) is 95.2 cm³/mol. The van der Waals surface area contributed by atoms with E-state index in [2.05, 4.69) is 15.3 Å². The van der Waals surface area contributed by atoms with Crippen LogP contribution in [0.1, 0.15) is 18.5 Å². The number of benzene rings is 1. The van der Waals surface area contributed by atoms with Gasteiger partial charge in [0.1, 0.15) is 5.82 Å². The molecule has 25 heavy (non-hydrogen) atoms. The number of amides is 1. The molecule has 0 atom stereocenters. The van der Waals surface area contributed by atoms with E-state index in [4.69, 9.17) is 10.5 Å². The van der Waals surface area contributed by atoms with Gasteiger partial charge in [-0.15, -0.1) is 0 Å². The summed E-state index contributed by atoms with van der Waals surface area (Å²) in [4.78, 5) is 31.3. The fourth-order valence-corrected chi connectivity index (χ4v) is 2.98. The minimum atomic E-state index is -0.569. The molecular weight excluding hydrogens is 320 g/mol. The minimum absolute atomic E-state index is 0.0758. The van der Waals surface area contributed by atoms with Crippen LogP contribution in [0.3, 0.4) is 0 Å². The molecule has 0 unspecified atom stereocenters. The highest BCUT2D eigenvalue weighted by atomic mass is 16.5. The fourth-order valence-electron chi connectivity index (χ4n) is 2.98. The Labute approximate surface area is 145 Å². The van der Waals surface area contributed by atoms with Crippen LogP contribution < -0.4 is 16.6 Å². The minimum Gasteiger partial charge on any atom is -0.381 e. The molecule has 2 heterocycles. The van der Waals surface area contributed by atoms with Gasteiger partial charge in [0.15, 0.2) is 0 Å². The Bertz CT molecular complexity index is 808. The van der Waals surface area contributed by atoms with E-state index in [1.807, 2.05) is 12.1 Å². The van der Waals surface area contributed by atoms with Gasteiger partial charge in [0.2, 0.25) is 5.91 Å². The van der Waals surface area contributed by atoms with Crippen LogP contribution in [-0.4, -0.2) is 35.6 Å². The number of nitrogens with two attached hydrogens (primary N) is 1. The Balaban J connectivity index is 1.76. The zero-order valence-corrected chi connectivity index (χ0v) is 14.2. The van der Waals surface area contributed by atoms with Gasteiger partial charge in [0, 0.05) is 42.8 Å². The van der Waals surface area contributed by atoms with Crippen LogP contribution in [0.25, 0.3) is 11.4 Å². The number of rotatable bonds is 4. The van der Waals surface area contributed by atoms with Crippen molar-refractivity contribution in [3.8, 4) is 11.4 Å². The van der Waals surface area contributed by atoms with Crippen LogP contribution in [0.5, 0.6) is 0 Å². The van der Waals surface area contributed by atoms with Crippen molar-refractivity contribution in [3.63, 3.8) is 0 Å². The number of aryl methyl sites for hydroxylation is 1. The van der Waals surface area contributed by atoms with Gasteiger partial charge in [0.25, 0.3) is 5.56 Å². The van der Waals surface area contributed by atoms with Gasteiger partial charge >= 0.3 is 0 Å². The summed E-state index contributed by atoms with van der Waals surface area (Å²) in [6.07, 6.45) is 1.25. The van der Waals surface area contributed by atoms with Gasteiger partial charge in [0.05, 0.1) is 5.41 Å². The molecule has 1 saturated heterocycles. The van der Waals surface area contributed by atoms with E-state index in [-0.39, 0.29) is 11.5 Å². The Morgan fingerprint density at radius 2 is 2.00 bits per heavy atom. The Hall–Kier alpha value is -2.51. The van der Waals surface area contributed by atoms with E-state index in [0.717, 1.165) is 5.56 Å². The number of H-pyrrole nitrogens is 1. The summed E-state index contributed by atoms with van der Waals surface area (Å²) in [6, 6.07) is 8.65. The van der Waals surface area contributed by atoms with Crippen molar-refractivity contribution in [1.82, 2.24) is 9.97 Å². The van der Waals surface area contributed by atoms with E-state index >= 15 is 0 Å². The first-order valence-corrected chi connectivity index (χ1v) is 8.30. The SMILES string of the molecule is Cc1cc(=O)[nH]c(-c2ccc(NC(=O)C3(CN)CCOCC3)cc2)n1. The summed E-state index contributed by atoms with van der Waals surface area (Å²) >= 11 is 0. The monoisotopic (exact) mass is 342 g/mol. The quantitative estimate of drug-likeness (QED) is 0.779. The van der Waals surface area contributed by atoms with Crippen LogP contribution in [0.15, 0.2) is 35.1 Å². The van der Waals surface area contributed by atoms with E-state index in [1.165, 1.54) is 6.07 Å². The number of anilines is 1. The second-order valence-corrected chi connectivity index (χ2v) is 6.36. The largest absolute Gasteiger partial charge is 0.381 e. The average molecular weight is 342 g/mol. The molecule has 4 N–H and O–H groups in total. The molecule has 3 rings (SSSR count). The number of nitrogens with zero attached hydrogens (tertiary/aromatic N) is 1. The molecule has 0 aliphatic carbocycles. The number of nitrogens with one attached hydrogen (secondary N) is 2. The molecule has 1 aromatic carbocycles. The van der Waals surface area contributed by atoms with Gasteiger partial charge in [-0.3, -0.25) is 9.59 Å². The van der Waals surface area contributed by atoms with E-state index in [9.17, 15) is 9.59 Å². The van der Waals surface area contributed by atoms with Crippen LogP contribution in [0.4, 0.5) is 5.69 Å². The number of aromatic amines is 1. The highest BCUT2D eigenvalue weighted by molar-refractivity contribution is 5.95. The summed E-state index contributed by atoms with van der Waals surface area (Å²) in [5, 5.41) is 2.94. The third kappa shape index (κ3) is 3.78. The van der Waals surface area contributed by atoms with E-state index < -0.39 is 5.41 Å². The lowest BCUT2D eigenvalue weighted by Crippen LogP contribution is -2.46. The van der Waals surface area contributed by atoms with E-state index in [0.29, 0.717) is 49.8 Å². The average Bonchev–Trinajstić information content (AvgIpc) is 2.62. The van der Waals surface area contributed by atoms with Gasteiger partial charge in [-0.05, 0) is 44.0 Å². The maximum atomic E-state index is 12.7. The lowest BCUT2D eigenvalue weighted by atomic mass is 9.79. The third-order valence-corrected chi connectivity index (χ3v) is 4.61. The molecule has 1 fully saturated rings. The molecule has 132 valence electrons. The molecule has 1 aliphatic rings. The molecule has 1 amide bonds. The molecule has 2 aromatic rings. The van der Waals surface area contributed by atoms with Crippen LogP contribution in [0.2, 0.25) is 0 Å². The molecule has 1 aliphatic heterocycles. The fraction of sp³-hybridized carbons (Fsp3) is 0.389. The number of aromatic nitrogens is 2. The summed E-state index contributed by atoms with van der Waals surface area (Å²) in [6.45, 7) is 3.17. The molecule has 7 heteroatoms. The molecular formula is C18H22N4O3. The molecule has 0 radical (unpaired) electrons. The molecule has 0 bridgehead atoms. The lowest BCUT2D eigenvalue weighted by Gasteiger charge is -2.34. The summed E-state index contributed by atoms with van der Waals surface area (Å²) in [5.41, 5.74) is 7.22. The predicted octanol–water partition coefficient (Wildman–Crippen LogP) is 1.44. The Morgan fingerprint density at radius 3 is 2.60 bits per heavy atom. The van der Waals surface area contributed by atoms with Crippen molar-refractivity contribution in [3.05, 3.63) is 46.4 Å². The van der Waals surface area contributed by atoms with Crippen molar-refractivity contribution < 1.29 is 9.53 Å². The number of carbonyl (C=O) groups is 1. The number of ether oxygens (including phenoxy) is 1. The Morgan fingerprint density at radius 1 is 1.32 bits per heavy atom. The van der Waals surface area contributed by atoms with Crippen molar-refractivity contribution in [2.45, 2.75) is 19.8 Å². The van der Waals surface area contributed by atoms with Gasteiger partial charge in [-0.2, -0.15) is 0 Å². The third-order valence-electron chi connectivity index (χ3n) is 4.61. The highest BCUT2D eigenvalue weighted by Gasteiger charge is 2.38. The summed E-state index contributed by atoms with van der Waals surface area (Å²) < 4.78 is 5.34. The molecule has 0 saturated carbocycles. The normalized spacial score (nSPS) is 16.4. The topological polar surface area (TPSA) is 110 Å². The van der Waals surface area contributed by atoms with E-state index in [1.54, 1.807) is 19.1 Å². The zero-order valence-electron chi connectivity index (χ0n) is 14.2. The lowest BCUT2D eigenvalue weighted by molar-refractivity contribution is -0.130. The first kappa shape index (κ1) is 17.3. The van der Waals surface area contributed by atoms with Crippen LogP contribution in [-0.2, 0) is 9.53 Å². The second-order valence-electron chi connectivity index (χ2n) is 6.36. The molecule has 0 spiro atoms. The standard InChI is InChI=1S/C18H22N4O3/c1-12-10-15(23)22-16(20-12)13-2-4-14(5-3-13)21-17(24)18(11-19)6-8-25-9-7-18/h2-5,10H,6-9,11,19H2,1H3,(H,21,24)(H,20,22,23). The van der Waals surface area contributed by atoms with Crippen molar-refractivity contribution in [2.24, 2.45) is 11.1 Å². The van der Waals surface area contributed by atoms with Gasteiger partial charge in [-0.25, -0.2) is 4.98 Å². The first-order valence-electron chi connectivity index (χ1n) is 8.30. The Kier molecular flexibility index (Phi) is 4.96. The molecule has 7 nitrogen and oxygen atoms in total. The number of hydrogen-bond acceptors (Lipinski definition) is 5. The van der Waals surface area contributed by atoms with Crippen molar-refractivity contribution in [1.29, 1.82) is 0 Å². The zero-order chi connectivity index (χ0) is 17.9. The maximum Gasteiger partial charge on any atom is 0.251 e. The van der Waals surface area contributed by atoms with Gasteiger partial charge < -0.3 is 20.8 Å². The number of hydrogen-bond donors (Lipinski definition) is 3. The smallest absolute Gasteiger partial charge is 0.251 e.